The van der Waals surface area contributed by atoms with E-state index in [9.17, 15) is 4.79 Å². The molecule has 1 aromatic rings. The van der Waals surface area contributed by atoms with Gasteiger partial charge in [0.25, 0.3) is 0 Å². The molecule has 3 unspecified atom stereocenters. The second-order valence-electron chi connectivity index (χ2n) is 8.16. The fraction of sp³-hybridized carbons (Fsp3) is 0.700. The van der Waals surface area contributed by atoms with Crippen LogP contribution in [0.2, 0.25) is 0 Å². The number of rotatable bonds is 4. The zero-order valence-electron chi connectivity index (χ0n) is 16.0. The van der Waals surface area contributed by atoms with Gasteiger partial charge in [0.2, 0.25) is 0 Å². The topological polar surface area (TPSA) is 81.3 Å². The summed E-state index contributed by atoms with van der Waals surface area (Å²) in [5, 5.41) is 6.39. The van der Waals surface area contributed by atoms with Crippen LogP contribution in [0.5, 0.6) is 0 Å². The van der Waals surface area contributed by atoms with Crippen LogP contribution in [0.15, 0.2) is 24.5 Å². The third-order valence-electron chi connectivity index (χ3n) is 6.16. The van der Waals surface area contributed by atoms with E-state index < -0.39 is 0 Å². The summed E-state index contributed by atoms with van der Waals surface area (Å²) in [5.74, 6) is 0. The molecule has 0 radical (unpaired) electrons. The predicted molar refractivity (Wildman–Crippen MR) is 105 cm³/mol. The maximum absolute atomic E-state index is 12.4. The molecule has 3 aliphatic rings. The molecule has 148 valence electrons. The number of likely N-dealkylation sites (tertiary alicyclic amines) is 1. The number of nitrogens with zero attached hydrogens (tertiary/aromatic N) is 2. The summed E-state index contributed by atoms with van der Waals surface area (Å²) >= 11 is 0. The number of aromatic nitrogens is 1. The van der Waals surface area contributed by atoms with Crippen molar-refractivity contribution in [2.75, 3.05) is 13.1 Å². The molecule has 0 aromatic carbocycles. The molecular formula is C20H32N6O. The van der Waals surface area contributed by atoms with E-state index in [1.165, 1.54) is 24.8 Å². The Morgan fingerprint density at radius 3 is 2.56 bits per heavy atom. The van der Waals surface area contributed by atoms with Gasteiger partial charge in [0.05, 0.1) is 6.17 Å². The molecule has 2 amide bonds. The highest BCUT2D eigenvalue weighted by Crippen LogP contribution is 2.25. The molecule has 4 rings (SSSR count). The van der Waals surface area contributed by atoms with Crippen LogP contribution in [0.3, 0.4) is 0 Å². The first-order valence-electron chi connectivity index (χ1n) is 10.5. The normalized spacial score (nSPS) is 30.1. The highest BCUT2D eigenvalue weighted by molar-refractivity contribution is 5.74. The molecule has 0 bridgehead atoms. The summed E-state index contributed by atoms with van der Waals surface area (Å²) in [7, 11) is 0. The van der Waals surface area contributed by atoms with Crippen molar-refractivity contribution in [3.05, 3.63) is 30.1 Å². The monoisotopic (exact) mass is 372 g/mol. The first kappa shape index (κ1) is 18.7. The SMILES string of the molecule is O=C(NC1CCCCC1)NC1CCCN(C2CC(c3ccncc3)NN2)C1. The van der Waals surface area contributed by atoms with Crippen LogP contribution in [-0.4, -0.2) is 47.3 Å². The van der Waals surface area contributed by atoms with Crippen molar-refractivity contribution >= 4 is 6.03 Å². The third-order valence-corrected chi connectivity index (χ3v) is 6.16. The first-order chi connectivity index (χ1) is 13.3. The van der Waals surface area contributed by atoms with E-state index in [4.69, 9.17) is 0 Å². The van der Waals surface area contributed by atoms with Gasteiger partial charge in [-0.3, -0.25) is 9.88 Å². The summed E-state index contributed by atoms with van der Waals surface area (Å²) < 4.78 is 0. The van der Waals surface area contributed by atoms with E-state index in [1.807, 2.05) is 12.4 Å². The van der Waals surface area contributed by atoms with Crippen molar-refractivity contribution in [3.63, 3.8) is 0 Å². The van der Waals surface area contributed by atoms with Crippen LogP contribution in [-0.2, 0) is 0 Å². The summed E-state index contributed by atoms with van der Waals surface area (Å²) in [5.41, 5.74) is 8.12. The molecule has 3 fully saturated rings. The van der Waals surface area contributed by atoms with E-state index in [0.717, 1.165) is 45.2 Å². The largest absolute Gasteiger partial charge is 0.335 e. The van der Waals surface area contributed by atoms with E-state index in [-0.39, 0.29) is 12.1 Å². The standard InChI is InChI=1S/C20H32N6O/c27-20(22-16-5-2-1-3-6-16)23-17-7-4-12-26(14-17)19-13-18(24-25-19)15-8-10-21-11-9-15/h8-11,16-19,24-25H,1-7,12-14H2,(H2,22,23,27). The highest BCUT2D eigenvalue weighted by Gasteiger charge is 2.33. The van der Waals surface area contributed by atoms with Gasteiger partial charge >= 0.3 is 6.03 Å². The Hall–Kier alpha value is -1.70. The minimum atomic E-state index is 0.0147. The van der Waals surface area contributed by atoms with Crippen LogP contribution in [0.4, 0.5) is 4.79 Å². The lowest BCUT2D eigenvalue weighted by atomic mass is 9.96. The van der Waals surface area contributed by atoms with Gasteiger partial charge in [0.1, 0.15) is 0 Å². The van der Waals surface area contributed by atoms with Crippen molar-refractivity contribution in [1.82, 2.24) is 31.4 Å². The zero-order chi connectivity index (χ0) is 18.5. The van der Waals surface area contributed by atoms with Crippen LogP contribution < -0.4 is 21.5 Å². The van der Waals surface area contributed by atoms with Crippen LogP contribution in [0.25, 0.3) is 0 Å². The molecule has 3 atom stereocenters. The minimum Gasteiger partial charge on any atom is -0.335 e. The van der Waals surface area contributed by atoms with E-state index in [1.54, 1.807) is 0 Å². The van der Waals surface area contributed by atoms with Gasteiger partial charge < -0.3 is 10.6 Å². The van der Waals surface area contributed by atoms with E-state index in [0.29, 0.717) is 18.2 Å². The maximum atomic E-state index is 12.4. The number of amides is 2. The fourth-order valence-electron chi connectivity index (χ4n) is 4.66. The van der Waals surface area contributed by atoms with E-state index >= 15 is 0 Å². The molecule has 7 nitrogen and oxygen atoms in total. The summed E-state index contributed by atoms with van der Waals surface area (Å²) in [6.45, 7) is 1.98. The van der Waals surface area contributed by atoms with Gasteiger partial charge in [-0.1, -0.05) is 19.3 Å². The summed E-state index contributed by atoms with van der Waals surface area (Å²) in [6.07, 6.45) is 13.2. The van der Waals surface area contributed by atoms with Crippen molar-refractivity contribution in [2.45, 2.75) is 75.7 Å². The number of hydrazine groups is 1. The Kier molecular flexibility index (Phi) is 6.21. The number of urea groups is 1. The van der Waals surface area contributed by atoms with E-state index in [2.05, 4.69) is 43.5 Å². The number of carbonyl (C=O) groups excluding carboxylic acids is 1. The Morgan fingerprint density at radius 1 is 1.00 bits per heavy atom. The van der Waals surface area contributed by atoms with Gasteiger partial charge in [0, 0.05) is 37.1 Å². The van der Waals surface area contributed by atoms with Crippen molar-refractivity contribution in [2.24, 2.45) is 0 Å². The van der Waals surface area contributed by atoms with Gasteiger partial charge in [-0.15, -0.1) is 0 Å². The lowest BCUT2D eigenvalue weighted by Gasteiger charge is -2.37. The lowest BCUT2D eigenvalue weighted by molar-refractivity contribution is 0.123. The van der Waals surface area contributed by atoms with Crippen molar-refractivity contribution < 1.29 is 4.79 Å². The van der Waals surface area contributed by atoms with Gasteiger partial charge in [-0.05, 0) is 56.3 Å². The Labute approximate surface area is 161 Å². The minimum absolute atomic E-state index is 0.0147. The molecule has 2 saturated heterocycles. The molecular weight excluding hydrogens is 340 g/mol. The van der Waals surface area contributed by atoms with Crippen LogP contribution in [0, 0.1) is 0 Å². The second-order valence-corrected chi connectivity index (χ2v) is 8.16. The molecule has 0 spiro atoms. The Morgan fingerprint density at radius 2 is 1.74 bits per heavy atom. The first-order valence-corrected chi connectivity index (χ1v) is 10.5. The van der Waals surface area contributed by atoms with Gasteiger partial charge in [-0.2, -0.15) is 0 Å². The molecule has 7 heteroatoms. The van der Waals surface area contributed by atoms with Crippen molar-refractivity contribution in [1.29, 1.82) is 0 Å². The summed E-state index contributed by atoms with van der Waals surface area (Å²) in [4.78, 5) is 18.9. The number of pyridine rings is 1. The van der Waals surface area contributed by atoms with Gasteiger partial charge in [-0.25, -0.2) is 15.6 Å². The molecule has 27 heavy (non-hydrogen) atoms. The fourth-order valence-corrected chi connectivity index (χ4v) is 4.66. The van der Waals surface area contributed by atoms with Crippen molar-refractivity contribution in [3.8, 4) is 0 Å². The maximum Gasteiger partial charge on any atom is 0.315 e. The highest BCUT2D eigenvalue weighted by atomic mass is 16.2. The Balaban J connectivity index is 1.25. The Bertz CT molecular complexity index is 606. The number of nitrogens with one attached hydrogen (secondary N) is 4. The average Bonchev–Trinajstić information content (AvgIpc) is 3.20. The second kappa shape index (κ2) is 8.99. The zero-order valence-corrected chi connectivity index (χ0v) is 16.0. The molecule has 1 saturated carbocycles. The molecule has 1 aliphatic carbocycles. The molecule has 2 aliphatic heterocycles. The number of hydrogen-bond acceptors (Lipinski definition) is 5. The number of piperidine rings is 1. The lowest BCUT2D eigenvalue weighted by Crippen LogP contribution is -2.56. The summed E-state index contributed by atoms with van der Waals surface area (Å²) in [6, 6.07) is 5.04. The molecule has 4 N–H and O–H groups in total. The predicted octanol–water partition coefficient (Wildman–Crippen LogP) is 2.04. The molecule has 1 aromatic heterocycles. The van der Waals surface area contributed by atoms with Gasteiger partial charge in [0.15, 0.2) is 0 Å². The third kappa shape index (κ3) is 4.97. The molecule has 3 heterocycles. The smallest absolute Gasteiger partial charge is 0.315 e. The average molecular weight is 373 g/mol. The number of carbonyl (C=O) groups is 1. The quantitative estimate of drug-likeness (QED) is 0.650. The van der Waals surface area contributed by atoms with Crippen LogP contribution in [0.1, 0.15) is 63.0 Å². The number of hydrogen-bond donors (Lipinski definition) is 4. The van der Waals surface area contributed by atoms with Crippen LogP contribution >= 0.6 is 0 Å².